The number of hydrogen-bond acceptors (Lipinski definition) is 22. The summed E-state index contributed by atoms with van der Waals surface area (Å²) < 4.78 is 87.1. The number of benzene rings is 4. The highest BCUT2D eigenvalue weighted by molar-refractivity contribution is 14.1. The van der Waals surface area contributed by atoms with E-state index in [1.807, 2.05) is 22.6 Å². The van der Waals surface area contributed by atoms with Crippen molar-refractivity contribution in [1.29, 1.82) is 0 Å². The summed E-state index contributed by atoms with van der Waals surface area (Å²) in [4.78, 5) is 118. The topological polar surface area (TPSA) is 341 Å². The molecular formula is C63H77F3IN9O18. The number of fused-ring (bicyclic) bond motifs is 2. The number of halogens is 4. The van der Waals surface area contributed by atoms with E-state index in [9.17, 15) is 56.3 Å². The predicted octanol–water partition coefficient (Wildman–Crippen LogP) is 4.78. The molecule has 9 amide bonds. The van der Waals surface area contributed by atoms with Crippen molar-refractivity contribution in [3.05, 3.63) is 116 Å². The van der Waals surface area contributed by atoms with Gasteiger partial charge in [0.15, 0.2) is 11.6 Å². The Kier molecular flexibility index (Phi) is 30.9. The van der Waals surface area contributed by atoms with Gasteiger partial charge >= 0.3 is 0 Å². The molecule has 2 saturated heterocycles. The SMILES string of the molecule is NCCOCCOCCOCCOCCNc1ccc2c(c1)C(=O)N(C1CCC(=O)NC1=O)C2=O.O=C1CCC(N2C(=O)c3ccc(NCCOCCOCCOCCOCCCCCCONC(=O)c4ccc(F)c(F)c4Nc4ccc(I)cc4F)cc3C2=O)C(=O)N1. The maximum absolute atomic E-state index is 14.6. The Morgan fingerprint density at radius 2 is 0.936 bits per heavy atom. The van der Waals surface area contributed by atoms with Crippen LogP contribution in [0, 0.1) is 21.0 Å². The monoisotopic (exact) mass is 1430 g/mol. The van der Waals surface area contributed by atoms with Crippen molar-refractivity contribution in [2.75, 3.05) is 148 Å². The van der Waals surface area contributed by atoms with E-state index in [1.165, 1.54) is 12.1 Å². The van der Waals surface area contributed by atoms with E-state index in [1.54, 1.807) is 42.5 Å². The van der Waals surface area contributed by atoms with Crippen LogP contribution in [-0.4, -0.2) is 207 Å². The van der Waals surface area contributed by atoms with E-state index in [4.69, 9.17) is 48.5 Å². The molecule has 4 aliphatic rings. The minimum atomic E-state index is -1.32. The van der Waals surface area contributed by atoms with E-state index in [0.717, 1.165) is 41.2 Å². The molecule has 2 fully saturated rings. The molecule has 510 valence electrons. The Morgan fingerprint density at radius 3 is 1.39 bits per heavy atom. The van der Waals surface area contributed by atoms with Gasteiger partial charge in [0, 0.05) is 54.0 Å². The lowest BCUT2D eigenvalue weighted by Crippen LogP contribution is -2.54. The first-order chi connectivity index (χ1) is 45.6. The summed E-state index contributed by atoms with van der Waals surface area (Å²) in [6.07, 6.45) is 3.51. The normalized spacial score (nSPS) is 16.0. The number of anilines is 4. The summed E-state index contributed by atoms with van der Waals surface area (Å²) in [5.74, 6) is -8.30. The molecule has 94 heavy (non-hydrogen) atoms. The molecule has 0 spiro atoms. The molecule has 0 bridgehead atoms. The van der Waals surface area contributed by atoms with E-state index in [2.05, 4.69) is 32.1 Å². The van der Waals surface area contributed by atoms with Gasteiger partial charge in [-0.25, -0.2) is 18.7 Å². The number of rotatable bonds is 41. The standard InChI is InChI=1S/C40H45F3IN5O10.C23H32N4O8/c41-30-9-8-28(36(35(30)43)46-32-10-5-25(44)23-31(32)42)37(51)48-59-15-4-2-1-3-14-55-17-19-57-21-22-58-20-18-56-16-13-45-26-6-7-27-29(24-26)40(54)49(39(27)53)33-11-12-34(50)47-38(33)52;24-5-7-32-9-11-34-13-14-35-12-10-33-8-6-25-16-1-2-17-18(15-16)23(31)27(22(17)30)19-3-4-20(28)26-21(19)29/h5-10,23-24,33,45-46H,1-4,11-22H2,(H,48,51)(H,47,50,52);1-2,15,19,25H,3-14,24H2,(H,26,28,29). The average molecular weight is 1430 g/mol. The quantitative estimate of drug-likeness (QED) is 0.0136. The zero-order valence-corrected chi connectivity index (χ0v) is 53.8. The number of unbranched alkanes of at least 4 members (excludes halogenated alkanes) is 3. The highest BCUT2D eigenvalue weighted by atomic mass is 127. The summed E-state index contributed by atoms with van der Waals surface area (Å²) in [5, 5.41) is 13.1. The Morgan fingerprint density at radius 1 is 0.500 bits per heavy atom. The molecule has 0 aromatic heterocycles. The summed E-state index contributed by atoms with van der Waals surface area (Å²) >= 11 is 1.92. The van der Waals surface area contributed by atoms with Crippen molar-refractivity contribution in [2.45, 2.75) is 63.5 Å². The molecular weight excluding hydrogens is 1350 g/mol. The minimum Gasteiger partial charge on any atom is -0.383 e. The average Bonchev–Trinajstić information content (AvgIpc) is 1.62. The van der Waals surface area contributed by atoms with Crippen LogP contribution in [0.5, 0.6) is 0 Å². The number of nitrogens with zero attached hydrogens (tertiary/aromatic N) is 2. The van der Waals surface area contributed by atoms with Gasteiger partial charge in [-0.3, -0.25) is 68.4 Å². The van der Waals surface area contributed by atoms with Crippen LogP contribution >= 0.6 is 22.6 Å². The van der Waals surface area contributed by atoms with Gasteiger partial charge in [-0.2, -0.15) is 0 Å². The minimum absolute atomic E-state index is 0.0581. The van der Waals surface area contributed by atoms with Crippen LogP contribution in [0.1, 0.15) is 103 Å². The van der Waals surface area contributed by atoms with Crippen molar-refractivity contribution in [3.8, 4) is 0 Å². The van der Waals surface area contributed by atoms with Gasteiger partial charge in [-0.1, -0.05) is 12.8 Å². The lowest BCUT2D eigenvalue weighted by atomic mass is 10.0. The highest BCUT2D eigenvalue weighted by Crippen LogP contribution is 2.32. The fraction of sp³-hybridized carbons (Fsp3) is 0.476. The Balaban J connectivity index is 0.000000303. The summed E-state index contributed by atoms with van der Waals surface area (Å²) in [6.45, 7) is 8.77. The number of hydrogen-bond donors (Lipinski definition) is 7. The fourth-order valence-corrected chi connectivity index (χ4v) is 10.2. The van der Waals surface area contributed by atoms with Crippen LogP contribution in [0.15, 0.2) is 66.7 Å². The van der Waals surface area contributed by atoms with Crippen LogP contribution < -0.4 is 37.8 Å². The zero-order chi connectivity index (χ0) is 67.2. The molecule has 0 radical (unpaired) electrons. The number of piperidine rings is 2. The molecule has 2 unspecified atom stereocenters. The highest BCUT2D eigenvalue weighted by Gasteiger charge is 2.46. The third kappa shape index (κ3) is 22.3. The maximum Gasteiger partial charge on any atom is 0.277 e. The summed E-state index contributed by atoms with van der Waals surface area (Å²) in [6, 6.07) is 13.7. The van der Waals surface area contributed by atoms with Gasteiger partial charge in [0.05, 0.1) is 145 Å². The molecule has 8 N–H and O–H groups in total. The molecule has 0 aliphatic carbocycles. The molecule has 4 aromatic carbocycles. The van der Waals surface area contributed by atoms with Gasteiger partial charge in [-0.15, -0.1) is 0 Å². The Labute approximate surface area is 553 Å². The van der Waals surface area contributed by atoms with Gasteiger partial charge in [0.1, 0.15) is 17.9 Å². The van der Waals surface area contributed by atoms with Crippen molar-refractivity contribution in [1.82, 2.24) is 25.9 Å². The Hall–Kier alpha value is -7.57. The van der Waals surface area contributed by atoms with E-state index < -0.39 is 88.4 Å². The van der Waals surface area contributed by atoms with Gasteiger partial charge in [-0.05, 0) is 115 Å². The molecule has 4 aromatic rings. The second-order valence-corrected chi connectivity index (χ2v) is 22.4. The number of nitrogens with one attached hydrogen (secondary N) is 6. The first-order valence-electron chi connectivity index (χ1n) is 30.7. The zero-order valence-electron chi connectivity index (χ0n) is 51.6. The molecule has 8 rings (SSSR count). The van der Waals surface area contributed by atoms with E-state index in [0.29, 0.717) is 147 Å². The second kappa shape index (κ2) is 39.3. The van der Waals surface area contributed by atoms with Crippen molar-refractivity contribution in [3.63, 3.8) is 0 Å². The number of imide groups is 4. The molecule has 0 saturated carbocycles. The number of carbonyl (C=O) groups is 9. The number of nitrogens with two attached hydrogens (primary N) is 1. The largest absolute Gasteiger partial charge is 0.383 e. The van der Waals surface area contributed by atoms with Crippen LogP contribution in [-0.2, 0) is 61.9 Å². The molecule has 4 aliphatic heterocycles. The van der Waals surface area contributed by atoms with Crippen molar-refractivity contribution >= 4 is 98.5 Å². The van der Waals surface area contributed by atoms with Gasteiger partial charge in [0.25, 0.3) is 29.5 Å². The second-order valence-electron chi connectivity index (χ2n) is 21.2. The first-order valence-corrected chi connectivity index (χ1v) is 31.8. The van der Waals surface area contributed by atoms with Crippen LogP contribution in [0.25, 0.3) is 0 Å². The van der Waals surface area contributed by atoms with Crippen molar-refractivity contribution in [2.24, 2.45) is 5.73 Å². The Bertz CT molecular complexity index is 3280. The lowest BCUT2D eigenvalue weighted by molar-refractivity contribution is -0.137. The van der Waals surface area contributed by atoms with Crippen LogP contribution in [0.4, 0.5) is 35.9 Å². The fourth-order valence-electron chi connectivity index (χ4n) is 9.80. The van der Waals surface area contributed by atoms with E-state index >= 15 is 0 Å². The third-order valence-corrected chi connectivity index (χ3v) is 15.2. The smallest absolute Gasteiger partial charge is 0.277 e. The van der Waals surface area contributed by atoms with Gasteiger partial charge in [0.2, 0.25) is 23.6 Å². The molecule has 27 nitrogen and oxygen atoms in total. The number of hydroxylamine groups is 1. The van der Waals surface area contributed by atoms with Crippen molar-refractivity contribution < 1.29 is 99.1 Å². The number of carbonyl (C=O) groups excluding carboxylic acids is 9. The molecule has 2 atom stereocenters. The predicted molar refractivity (Wildman–Crippen MR) is 339 cm³/mol. The number of ether oxygens (including phenoxy) is 8. The lowest BCUT2D eigenvalue weighted by Gasteiger charge is -2.27. The first kappa shape index (κ1) is 73.8. The van der Waals surface area contributed by atoms with Gasteiger partial charge < -0.3 is 59.6 Å². The number of amides is 9. The summed E-state index contributed by atoms with van der Waals surface area (Å²) in [7, 11) is 0. The van der Waals surface area contributed by atoms with Crippen LogP contribution in [0.3, 0.4) is 0 Å². The summed E-state index contributed by atoms with van der Waals surface area (Å²) in [5.41, 5.74) is 8.84. The van der Waals surface area contributed by atoms with Crippen LogP contribution in [0.2, 0.25) is 0 Å². The maximum atomic E-state index is 14.6. The third-order valence-electron chi connectivity index (χ3n) is 14.5. The molecule has 4 heterocycles. The van der Waals surface area contributed by atoms with E-state index in [-0.39, 0.29) is 65.8 Å². The molecule has 31 heteroatoms.